The molecule has 0 aliphatic carbocycles. The minimum atomic E-state index is -4.81. The number of carbonyl (C=O) groups excluding carboxylic acids is 2. The van der Waals surface area contributed by atoms with E-state index in [4.69, 9.17) is 24.7 Å². The van der Waals surface area contributed by atoms with Crippen molar-refractivity contribution >= 4 is 29.5 Å². The minimum Gasteiger partial charge on any atom is -0.378 e. The summed E-state index contributed by atoms with van der Waals surface area (Å²) in [4.78, 5) is 44.7. The van der Waals surface area contributed by atoms with Gasteiger partial charge in [0.05, 0.1) is 50.8 Å². The van der Waals surface area contributed by atoms with Gasteiger partial charge in [-0.25, -0.2) is 4.98 Å². The number of alkyl halides is 3. The molecule has 0 unspecified atom stereocenters. The quantitative estimate of drug-likeness (QED) is 0.262. The molecule has 2 aromatic heterocycles. The second-order valence-corrected chi connectivity index (χ2v) is 9.36. The number of carbonyl (C=O) groups is 2. The van der Waals surface area contributed by atoms with E-state index in [0.29, 0.717) is 65.7 Å². The maximum atomic E-state index is 14.3. The number of amides is 2. The highest BCUT2D eigenvalue weighted by atomic mass is 19.4. The van der Waals surface area contributed by atoms with E-state index in [1.165, 1.54) is 0 Å². The van der Waals surface area contributed by atoms with Crippen LogP contribution in [-0.4, -0.2) is 124 Å². The molecule has 2 aliphatic heterocycles. The van der Waals surface area contributed by atoms with Crippen LogP contribution in [0.5, 0.6) is 0 Å². The monoisotopic (exact) mass is 673 g/mol. The summed E-state index contributed by atoms with van der Waals surface area (Å²) in [6, 6.07) is 0.725. The average Bonchev–Trinajstić information content (AvgIpc) is 3.10. The molecular weight excluding hydrogens is 627 g/mol. The Morgan fingerprint density at radius 1 is 0.872 bits per heavy atom. The molecule has 0 atom stereocenters. The Morgan fingerprint density at radius 3 is 1.87 bits per heavy atom. The lowest BCUT2D eigenvalue weighted by atomic mass is 10.1. The number of nitrogens with zero attached hydrogens (tertiary/aromatic N) is 6. The van der Waals surface area contributed by atoms with Crippen LogP contribution in [0.2, 0.25) is 0 Å². The van der Waals surface area contributed by atoms with Gasteiger partial charge in [-0.2, -0.15) is 28.1 Å². The molecule has 264 valence electrons. The number of pyridine rings is 1. The maximum absolute atomic E-state index is 14.3. The number of morpholine rings is 2. The van der Waals surface area contributed by atoms with Gasteiger partial charge in [-0.05, 0) is 6.07 Å². The van der Waals surface area contributed by atoms with Crippen LogP contribution in [0.3, 0.4) is 0 Å². The standard InChI is InChI=1S/C25H34F3N9O6.2C2H6/c26-25(27,28)18-13-19(32-21(39)16-43-12-11-42-15-20(38)30-2-1-29)31-14-17(18)22-33-23(36-3-7-40-8-4-36)35-24(34-22)37-5-9-41-10-6-37;2*1-2/h13-14H,1-12,15-16,29H2,(H,30,38)(H,31,32,39);2*1-2H3. The molecule has 2 aliphatic rings. The van der Waals surface area contributed by atoms with Gasteiger partial charge in [0, 0.05) is 45.5 Å². The molecular formula is C29H46F3N9O6. The third-order valence-electron chi connectivity index (χ3n) is 6.22. The van der Waals surface area contributed by atoms with Crippen molar-refractivity contribution in [3.63, 3.8) is 0 Å². The normalized spacial score (nSPS) is 14.7. The Hall–Kier alpha value is -3.71. The first-order valence-corrected chi connectivity index (χ1v) is 15.7. The van der Waals surface area contributed by atoms with E-state index >= 15 is 0 Å². The molecule has 0 radical (unpaired) electrons. The van der Waals surface area contributed by atoms with Crippen LogP contribution in [0.4, 0.5) is 30.9 Å². The van der Waals surface area contributed by atoms with Gasteiger partial charge in [0.1, 0.15) is 19.0 Å². The van der Waals surface area contributed by atoms with Crippen LogP contribution in [0.25, 0.3) is 11.4 Å². The predicted octanol–water partition coefficient (Wildman–Crippen LogP) is 1.72. The van der Waals surface area contributed by atoms with Crippen LogP contribution < -0.4 is 26.2 Å². The lowest BCUT2D eigenvalue weighted by molar-refractivity contribution is -0.137. The van der Waals surface area contributed by atoms with E-state index in [0.717, 1.165) is 12.3 Å². The molecule has 0 aromatic carbocycles. The third-order valence-corrected chi connectivity index (χ3v) is 6.22. The molecule has 2 fully saturated rings. The van der Waals surface area contributed by atoms with Crippen LogP contribution in [-0.2, 0) is 34.7 Å². The zero-order valence-corrected chi connectivity index (χ0v) is 27.4. The van der Waals surface area contributed by atoms with Gasteiger partial charge in [-0.1, -0.05) is 27.7 Å². The van der Waals surface area contributed by atoms with Crippen LogP contribution in [0.1, 0.15) is 33.3 Å². The predicted molar refractivity (Wildman–Crippen MR) is 169 cm³/mol. The summed E-state index contributed by atoms with van der Waals surface area (Å²) >= 11 is 0. The van der Waals surface area contributed by atoms with Gasteiger partial charge in [-0.3, -0.25) is 9.59 Å². The molecule has 4 N–H and O–H groups in total. The fraction of sp³-hybridized carbons (Fsp3) is 0.655. The molecule has 47 heavy (non-hydrogen) atoms. The number of nitrogens with two attached hydrogens (primary N) is 1. The third kappa shape index (κ3) is 13.1. The first-order chi connectivity index (χ1) is 22.7. The summed E-state index contributed by atoms with van der Waals surface area (Å²) < 4.78 is 63.9. The average molecular weight is 674 g/mol. The second kappa shape index (κ2) is 21.2. The first-order valence-electron chi connectivity index (χ1n) is 15.7. The Bertz CT molecular complexity index is 1190. The van der Waals surface area contributed by atoms with Crippen molar-refractivity contribution in [2.45, 2.75) is 33.9 Å². The molecule has 4 rings (SSSR count). The summed E-state index contributed by atoms with van der Waals surface area (Å²) in [7, 11) is 0. The van der Waals surface area contributed by atoms with E-state index in [1.54, 1.807) is 0 Å². The Labute approximate surface area is 272 Å². The van der Waals surface area contributed by atoms with Crippen molar-refractivity contribution in [2.75, 3.05) is 107 Å². The number of ether oxygens (including phenoxy) is 4. The molecule has 15 nitrogen and oxygen atoms in total. The lowest BCUT2D eigenvalue weighted by Crippen LogP contribution is -2.40. The Balaban J connectivity index is 0.00000185. The van der Waals surface area contributed by atoms with E-state index in [1.807, 2.05) is 37.5 Å². The molecule has 2 saturated heterocycles. The zero-order chi connectivity index (χ0) is 34.7. The number of aromatic nitrogens is 4. The first kappa shape index (κ1) is 39.5. The summed E-state index contributed by atoms with van der Waals surface area (Å²) in [6.45, 7) is 11.6. The summed E-state index contributed by atoms with van der Waals surface area (Å²) in [5.41, 5.74) is 3.85. The Morgan fingerprint density at radius 2 is 1.38 bits per heavy atom. The van der Waals surface area contributed by atoms with Gasteiger partial charge >= 0.3 is 6.18 Å². The summed E-state index contributed by atoms with van der Waals surface area (Å²) in [5, 5.41) is 4.83. The Kier molecular flexibility index (Phi) is 17.8. The van der Waals surface area contributed by atoms with E-state index in [2.05, 4.69) is 30.6 Å². The van der Waals surface area contributed by atoms with Crippen molar-refractivity contribution in [1.29, 1.82) is 0 Å². The van der Waals surface area contributed by atoms with Crippen LogP contribution in [0.15, 0.2) is 12.3 Å². The van der Waals surface area contributed by atoms with Crippen molar-refractivity contribution in [3.05, 3.63) is 17.8 Å². The van der Waals surface area contributed by atoms with Gasteiger partial charge < -0.3 is 45.1 Å². The molecule has 0 bridgehead atoms. The lowest BCUT2D eigenvalue weighted by Gasteiger charge is -2.30. The fourth-order valence-corrected chi connectivity index (χ4v) is 4.11. The molecule has 2 amide bonds. The topological polar surface area (TPSA) is 179 Å². The minimum absolute atomic E-state index is 0.0198. The SMILES string of the molecule is CC.CC.NCCNC(=O)COCCOCC(=O)Nc1cc(C(F)(F)F)c(-c2nc(N3CCOCC3)nc(N3CCOCC3)n2)cn1. The number of hydrogen-bond acceptors (Lipinski definition) is 13. The smallest absolute Gasteiger partial charge is 0.378 e. The molecule has 18 heteroatoms. The summed E-state index contributed by atoms with van der Waals surface area (Å²) in [6.07, 6.45) is -3.84. The highest BCUT2D eigenvalue weighted by Gasteiger charge is 2.36. The van der Waals surface area contributed by atoms with E-state index < -0.39 is 24.3 Å². The number of anilines is 3. The van der Waals surface area contributed by atoms with Gasteiger partial charge in [0.15, 0.2) is 5.82 Å². The molecule has 0 spiro atoms. The maximum Gasteiger partial charge on any atom is 0.417 e. The number of halogens is 3. The highest BCUT2D eigenvalue weighted by molar-refractivity contribution is 5.91. The largest absolute Gasteiger partial charge is 0.417 e. The van der Waals surface area contributed by atoms with Crippen molar-refractivity contribution in [1.82, 2.24) is 25.3 Å². The van der Waals surface area contributed by atoms with E-state index in [-0.39, 0.29) is 54.8 Å². The van der Waals surface area contributed by atoms with Crippen molar-refractivity contribution in [3.8, 4) is 11.4 Å². The molecule has 2 aromatic rings. The molecule has 4 heterocycles. The zero-order valence-electron chi connectivity index (χ0n) is 27.4. The summed E-state index contributed by atoms with van der Waals surface area (Å²) in [5.74, 6) is -1.12. The second-order valence-electron chi connectivity index (χ2n) is 9.36. The number of rotatable bonds is 13. The highest BCUT2D eigenvalue weighted by Crippen LogP contribution is 2.37. The van der Waals surface area contributed by atoms with Gasteiger partial charge in [0.25, 0.3) is 5.91 Å². The molecule has 0 saturated carbocycles. The van der Waals surface area contributed by atoms with E-state index in [9.17, 15) is 22.8 Å². The number of nitrogens with one attached hydrogen (secondary N) is 2. The van der Waals surface area contributed by atoms with Crippen LogP contribution in [0, 0.1) is 0 Å². The fourth-order valence-electron chi connectivity index (χ4n) is 4.11. The number of hydrogen-bond donors (Lipinski definition) is 3. The van der Waals surface area contributed by atoms with Crippen LogP contribution >= 0.6 is 0 Å². The van der Waals surface area contributed by atoms with Crippen molar-refractivity contribution in [2.24, 2.45) is 5.73 Å². The van der Waals surface area contributed by atoms with Crippen molar-refractivity contribution < 1.29 is 41.7 Å². The van der Waals surface area contributed by atoms with Gasteiger partial charge in [-0.15, -0.1) is 0 Å². The van der Waals surface area contributed by atoms with Gasteiger partial charge in [0.2, 0.25) is 17.8 Å².